The zero-order valence-corrected chi connectivity index (χ0v) is 9.95. The number of hydrogen-bond acceptors (Lipinski definition) is 3. The molecule has 1 aliphatic carbocycles. The van der Waals surface area contributed by atoms with Crippen LogP contribution in [-0.4, -0.2) is 26.8 Å². The van der Waals surface area contributed by atoms with E-state index in [0.29, 0.717) is 6.54 Å². The van der Waals surface area contributed by atoms with Crippen molar-refractivity contribution in [2.45, 2.75) is 51.3 Å². The van der Waals surface area contributed by atoms with Crippen molar-refractivity contribution in [2.75, 3.05) is 6.54 Å². The van der Waals surface area contributed by atoms with Gasteiger partial charge in [0.15, 0.2) is 0 Å². The second-order valence-corrected chi connectivity index (χ2v) is 4.72. The van der Waals surface area contributed by atoms with E-state index < -0.39 is 5.60 Å². The van der Waals surface area contributed by atoms with Gasteiger partial charge in [0.2, 0.25) is 0 Å². The van der Waals surface area contributed by atoms with Crippen molar-refractivity contribution in [3.05, 3.63) is 18.2 Å². The number of aliphatic hydroxyl groups is 1. The summed E-state index contributed by atoms with van der Waals surface area (Å²) in [5.41, 5.74) is -0.442. The first-order valence-electron chi connectivity index (χ1n) is 6.17. The molecule has 4 nitrogen and oxygen atoms in total. The molecule has 0 aromatic carbocycles. The molecule has 1 heterocycles. The maximum absolute atomic E-state index is 9.92. The number of rotatable bonds is 6. The van der Waals surface area contributed by atoms with Crippen LogP contribution < -0.4 is 5.32 Å². The van der Waals surface area contributed by atoms with Crippen LogP contribution in [0.25, 0.3) is 0 Å². The quantitative estimate of drug-likeness (QED) is 0.764. The van der Waals surface area contributed by atoms with Crippen LogP contribution in [0.3, 0.4) is 0 Å². The largest absolute Gasteiger partial charge is 0.389 e. The Kier molecular flexibility index (Phi) is 3.61. The number of imidazole rings is 1. The fourth-order valence-electron chi connectivity index (χ4n) is 2.12. The van der Waals surface area contributed by atoms with Gasteiger partial charge in [0.05, 0.1) is 12.1 Å². The van der Waals surface area contributed by atoms with Crippen LogP contribution >= 0.6 is 0 Å². The van der Waals surface area contributed by atoms with E-state index in [1.54, 1.807) is 0 Å². The summed E-state index contributed by atoms with van der Waals surface area (Å²) in [5.74, 6) is 1.06. The van der Waals surface area contributed by atoms with E-state index in [9.17, 15) is 5.11 Å². The fourth-order valence-corrected chi connectivity index (χ4v) is 2.12. The van der Waals surface area contributed by atoms with Crippen molar-refractivity contribution >= 4 is 0 Å². The van der Waals surface area contributed by atoms with Crippen LogP contribution in [0, 0.1) is 0 Å². The van der Waals surface area contributed by atoms with Crippen LogP contribution in [0.2, 0.25) is 0 Å². The van der Waals surface area contributed by atoms with Crippen LogP contribution in [-0.2, 0) is 13.1 Å². The van der Waals surface area contributed by atoms with Crippen LogP contribution in [0.5, 0.6) is 0 Å². The van der Waals surface area contributed by atoms with E-state index in [0.717, 1.165) is 44.6 Å². The number of nitrogens with one attached hydrogen (secondary N) is 1. The lowest BCUT2D eigenvalue weighted by molar-refractivity contribution is -0.0316. The highest BCUT2D eigenvalue weighted by atomic mass is 16.3. The smallest absolute Gasteiger partial charge is 0.122 e. The predicted octanol–water partition coefficient (Wildman–Crippen LogP) is 1.30. The molecule has 0 atom stereocenters. The lowest BCUT2D eigenvalue weighted by atomic mass is 9.80. The Labute approximate surface area is 96.7 Å². The van der Waals surface area contributed by atoms with Crippen molar-refractivity contribution in [1.29, 1.82) is 0 Å². The lowest BCUT2D eigenvalue weighted by Gasteiger charge is -2.36. The summed E-state index contributed by atoms with van der Waals surface area (Å²) in [7, 11) is 0. The van der Waals surface area contributed by atoms with Gasteiger partial charge < -0.3 is 15.0 Å². The van der Waals surface area contributed by atoms with E-state index in [-0.39, 0.29) is 0 Å². The third-order valence-corrected chi connectivity index (χ3v) is 3.29. The summed E-state index contributed by atoms with van der Waals surface area (Å²) >= 11 is 0. The van der Waals surface area contributed by atoms with E-state index in [1.807, 2.05) is 12.4 Å². The first-order valence-corrected chi connectivity index (χ1v) is 6.17. The Bertz CT molecular complexity index is 331. The summed E-state index contributed by atoms with van der Waals surface area (Å²) in [6, 6.07) is 0. The van der Waals surface area contributed by atoms with Crippen molar-refractivity contribution in [1.82, 2.24) is 14.9 Å². The van der Waals surface area contributed by atoms with Gasteiger partial charge in [0, 0.05) is 25.5 Å². The van der Waals surface area contributed by atoms with Gasteiger partial charge in [-0.15, -0.1) is 0 Å². The van der Waals surface area contributed by atoms with Gasteiger partial charge in [-0.2, -0.15) is 0 Å². The molecule has 0 spiro atoms. The minimum absolute atomic E-state index is 0.442. The Morgan fingerprint density at radius 2 is 2.38 bits per heavy atom. The monoisotopic (exact) mass is 223 g/mol. The van der Waals surface area contributed by atoms with Crippen molar-refractivity contribution in [3.63, 3.8) is 0 Å². The molecule has 1 aliphatic rings. The fraction of sp³-hybridized carbons (Fsp3) is 0.750. The van der Waals surface area contributed by atoms with Gasteiger partial charge in [-0.05, 0) is 25.7 Å². The summed E-state index contributed by atoms with van der Waals surface area (Å²) < 4.78 is 2.16. The highest BCUT2D eigenvalue weighted by Crippen LogP contribution is 2.30. The highest BCUT2D eigenvalue weighted by Gasteiger charge is 2.33. The second-order valence-electron chi connectivity index (χ2n) is 4.72. The van der Waals surface area contributed by atoms with E-state index >= 15 is 0 Å². The van der Waals surface area contributed by atoms with Crippen molar-refractivity contribution in [2.24, 2.45) is 0 Å². The molecule has 1 fully saturated rings. The number of nitrogens with zero attached hydrogens (tertiary/aromatic N) is 2. The molecule has 2 rings (SSSR count). The Balaban J connectivity index is 1.78. The molecule has 0 unspecified atom stereocenters. The molecule has 1 saturated carbocycles. The normalized spacial score (nSPS) is 18.4. The van der Waals surface area contributed by atoms with E-state index in [1.165, 1.54) is 0 Å². The molecule has 0 amide bonds. The molecule has 4 heteroatoms. The third-order valence-electron chi connectivity index (χ3n) is 3.29. The van der Waals surface area contributed by atoms with Gasteiger partial charge in [-0.25, -0.2) is 4.98 Å². The second kappa shape index (κ2) is 4.97. The molecule has 2 N–H and O–H groups in total. The first-order chi connectivity index (χ1) is 7.73. The molecule has 0 bridgehead atoms. The van der Waals surface area contributed by atoms with Gasteiger partial charge >= 0.3 is 0 Å². The Hall–Kier alpha value is -0.870. The van der Waals surface area contributed by atoms with E-state index in [2.05, 4.69) is 21.8 Å². The SMILES string of the molecule is CCCn1ccnc1CNCC1(O)CCC1. The van der Waals surface area contributed by atoms with Gasteiger partial charge in [0.25, 0.3) is 0 Å². The van der Waals surface area contributed by atoms with Crippen LogP contribution in [0.15, 0.2) is 12.4 Å². The van der Waals surface area contributed by atoms with Crippen molar-refractivity contribution < 1.29 is 5.11 Å². The Morgan fingerprint density at radius 1 is 1.56 bits per heavy atom. The molecule has 0 radical (unpaired) electrons. The molecule has 90 valence electrons. The first kappa shape index (κ1) is 11.6. The number of hydrogen-bond donors (Lipinski definition) is 2. The zero-order valence-electron chi connectivity index (χ0n) is 9.95. The molecular weight excluding hydrogens is 202 g/mol. The Morgan fingerprint density at radius 3 is 3.00 bits per heavy atom. The predicted molar refractivity (Wildman–Crippen MR) is 63.0 cm³/mol. The van der Waals surface area contributed by atoms with Crippen molar-refractivity contribution in [3.8, 4) is 0 Å². The van der Waals surface area contributed by atoms with Gasteiger partial charge in [0.1, 0.15) is 5.82 Å². The number of aryl methyl sites for hydroxylation is 1. The zero-order chi connectivity index (χ0) is 11.4. The maximum atomic E-state index is 9.92. The highest BCUT2D eigenvalue weighted by molar-refractivity contribution is 4.94. The van der Waals surface area contributed by atoms with Gasteiger partial charge in [-0.1, -0.05) is 6.92 Å². The van der Waals surface area contributed by atoms with E-state index in [4.69, 9.17) is 0 Å². The molecule has 1 aromatic heterocycles. The molecule has 1 aromatic rings. The maximum Gasteiger partial charge on any atom is 0.122 e. The number of aromatic nitrogens is 2. The summed E-state index contributed by atoms with van der Waals surface area (Å²) in [6.07, 6.45) is 7.99. The third kappa shape index (κ3) is 2.62. The summed E-state index contributed by atoms with van der Waals surface area (Å²) in [6.45, 7) is 4.61. The standard InChI is InChI=1S/C12H21N3O/c1-2-7-15-8-6-14-11(15)9-13-10-12(16)4-3-5-12/h6,8,13,16H,2-5,7,9-10H2,1H3. The molecule has 16 heavy (non-hydrogen) atoms. The molecule has 0 aliphatic heterocycles. The topological polar surface area (TPSA) is 50.1 Å². The van der Waals surface area contributed by atoms with Crippen LogP contribution in [0.1, 0.15) is 38.4 Å². The average Bonchev–Trinajstić information content (AvgIpc) is 2.64. The molecule has 0 saturated heterocycles. The van der Waals surface area contributed by atoms with Crippen LogP contribution in [0.4, 0.5) is 0 Å². The van der Waals surface area contributed by atoms with Gasteiger partial charge in [-0.3, -0.25) is 0 Å². The lowest BCUT2D eigenvalue weighted by Crippen LogP contribution is -2.46. The minimum Gasteiger partial charge on any atom is -0.389 e. The summed E-state index contributed by atoms with van der Waals surface area (Å²) in [5, 5.41) is 13.2. The summed E-state index contributed by atoms with van der Waals surface area (Å²) in [4.78, 5) is 4.32. The molecular formula is C12H21N3O. The average molecular weight is 223 g/mol. The minimum atomic E-state index is -0.442.